The molecular weight excluding hydrogens is 214 g/mol. The number of pyridine rings is 1. The van der Waals surface area contributed by atoms with Gasteiger partial charge in [-0.1, -0.05) is 12.1 Å². The highest BCUT2D eigenvalue weighted by molar-refractivity contribution is 5.96. The van der Waals surface area contributed by atoms with Gasteiger partial charge in [0.25, 0.3) is 0 Å². The topological polar surface area (TPSA) is 50.2 Å². The molecule has 0 amide bonds. The molecule has 2 aromatic rings. The number of ketones is 1. The second kappa shape index (κ2) is 4.78. The van der Waals surface area contributed by atoms with Crippen LogP contribution in [0.15, 0.2) is 42.7 Å². The van der Waals surface area contributed by atoms with Crippen LogP contribution in [0.5, 0.6) is 5.75 Å². The summed E-state index contributed by atoms with van der Waals surface area (Å²) in [7, 11) is 0. The number of rotatable bonds is 3. The molecule has 2 rings (SSSR count). The zero-order valence-corrected chi connectivity index (χ0v) is 9.55. The highest BCUT2D eigenvalue weighted by Gasteiger charge is 2.07. The van der Waals surface area contributed by atoms with E-state index in [2.05, 4.69) is 4.98 Å². The number of Topliss-reactive ketones (excluding diaryl/α,β-unsaturated/α-hetero) is 1. The molecule has 1 aromatic heterocycles. The van der Waals surface area contributed by atoms with Gasteiger partial charge in [-0.2, -0.15) is 0 Å². The molecule has 86 valence electrons. The Morgan fingerprint density at radius 1 is 1.29 bits per heavy atom. The molecule has 0 spiro atoms. The monoisotopic (exact) mass is 227 g/mol. The summed E-state index contributed by atoms with van der Waals surface area (Å²) in [6, 6.07) is 8.96. The van der Waals surface area contributed by atoms with E-state index in [4.69, 9.17) is 0 Å². The van der Waals surface area contributed by atoms with E-state index in [0.29, 0.717) is 12.0 Å². The van der Waals surface area contributed by atoms with Gasteiger partial charge in [0.15, 0.2) is 5.78 Å². The highest BCUT2D eigenvalue weighted by atomic mass is 16.3. The van der Waals surface area contributed by atoms with E-state index < -0.39 is 0 Å². The van der Waals surface area contributed by atoms with Crippen LogP contribution in [-0.2, 0) is 6.42 Å². The van der Waals surface area contributed by atoms with Crippen molar-refractivity contribution in [3.63, 3.8) is 0 Å². The standard InChI is InChI=1S/C14H13NO2/c1-10(16)13-8-11(4-5-14(13)17)7-12-3-2-6-15-9-12/h2-6,8-9,17H,7H2,1H3. The van der Waals surface area contributed by atoms with Crippen LogP contribution < -0.4 is 0 Å². The number of hydrogen-bond donors (Lipinski definition) is 1. The summed E-state index contributed by atoms with van der Waals surface area (Å²) in [5.41, 5.74) is 2.43. The lowest BCUT2D eigenvalue weighted by molar-refractivity contribution is 0.101. The zero-order valence-electron chi connectivity index (χ0n) is 9.55. The number of carbonyl (C=O) groups is 1. The van der Waals surface area contributed by atoms with Gasteiger partial charge in [0, 0.05) is 12.4 Å². The number of carbonyl (C=O) groups excluding carboxylic acids is 1. The fourth-order valence-electron chi connectivity index (χ4n) is 1.71. The van der Waals surface area contributed by atoms with Crippen LogP contribution in [0.1, 0.15) is 28.4 Å². The minimum Gasteiger partial charge on any atom is -0.507 e. The molecule has 0 aliphatic rings. The molecule has 17 heavy (non-hydrogen) atoms. The van der Waals surface area contributed by atoms with E-state index in [1.807, 2.05) is 18.2 Å². The smallest absolute Gasteiger partial charge is 0.163 e. The van der Waals surface area contributed by atoms with Crippen molar-refractivity contribution in [1.29, 1.82) is 0 Å². The quantitative estimate of drug-likeness (QED) is 0.820. The molecule has 0 saturated heterocycles. The molecule has 0 aliphatic carbocycles. The zero-order chi connectivity index (χ0) is 12.3. The Kier molecular flexibility index (Phi) is 3.19. The van der Waals surface area contributed by atoms with Crippen LogP contribution in [0.4, 0.5) is 0 Å². The van der Waals surface area contributed by atoms with Crippen molar-refractivity contribution in [1.82, 2.24) is 4.98 Å². The van der Waals surface area contributed by atoms with Gasteiger partial charge < -0.3 is 5.11 Å². The van der Waals surface area contributed by atoms with Gasteiger partial charge in [-0.15, -0.1) is 0 Å². The first-order valence-corrected chi connectivity index (χ1v) is 5.38. The number of nitrogens with zero attached hydrogens (tertiary/aromatic N) is 1. The summed E-state index contributed by atoms with van der Waals surface area (Å²) in [6.07, 6.45) is 4.22. The van der Waals surface area contributed by atoms with Crippen LogP contribution in [0.3, 0.4) is 0 Å². The van der Waals surface area contributed by atoms with Crippen LogP contribution in [0.25, 0.3) is 0 Å². The molecule has 1 N–H and O–H groups in total. The van der Waals surface area contributed by atoms with Crippen molar-refractivity contribution < 1.29 is 9.90 Å². The molecule has 1 heterocycles. The van der Waals surface area contributed by atoms with Crippen molar-refractivity contribution in [3.8, 4) is 5.75 Å². The molecule has 0 unspecified atom stereocenters. The average molecular weight is 227 g/mol. The minimum absolute atomic E-state index is 0.0347. The van der Waals surface area contributed by atoms with Gasteiger partial charge in [0.05, 0.1) is 5.56 Å². The maximum absolute atomic E-state index is 11.3. The van der Waals surface area contributed by atoms with Gasteiger partial charge in [-0.3, -0.25) is 9.78 Å². The fraction of sp³-hybridized carbons (Fsp3) is 0.143. The van der Waals surface area contributed by atoms with Crippen LogP contribution in [-0.4, -0.2) is 15.9 Å². The molecule has 3 heteroatoms. The molecular formula is C14H13NO2. The Morgan fingerprint density at radius 2 is 2.12 bits per heavy atom. The van der Waals surface area contributed by atoms with Crippen LogP contribution in [0, 0.1) is 0 Å². The first-order valence-electron chi connectivity index (χ1n) is 5.38. The minimum atomic E-state index is -0.129. The summed E-state index contributed by atoms with van der Waals surface area (Å²) >= 11 is 0. The Morgan fingerprint density at radius 3 is 2.76 bits per heavy atom. The number of hydrogen-bond acceptors (Lipinski definition) is 3. The third-order valence-corrected chi connectivity index (χ3v) is 2.57. The molecule has 3 nitrogen and oxygen atoms in total. The lowest BCUT2D eigenvalue weighted by Gasteiger charge is -2.05. The van der Waals surface area contributed by atoms with E-state index >= 15 is 0 Å². The molecule has 0 radical (unpaired) electrons. The van der Waals surface area contributed by atoms with Crippen molar-refractivity contribution >= 4 is 5.78 Å². The number of phenolic OH excluding ortho intramolecular Hbond substituents is 1. The Bertz CT molecular complexity index is 535. The summed E-state index contributed by atoms with van der Waals surface area (Å²) < 4.78 is 0. The van der Waals surface area contributed by atoms with Gasteiger partial charge in [0.1, 0.15) is 5.75 Å². The molecule has 0 bridgehead atoms. The fourth-order valence-corrected chi connectivity index (χ4v) is 1.71. The van der Waals surface area contributed by atoms with Crippen molar-refractivity contribution in [3.05, 3.63) is 59.4 Å². The summed E-state index contributed by atoms with van der Waals surface area (Å²) in [5.74, 6) is -0.0945. The average Bonchev–Trinajstić information content (AvgIpc) is 2.32. The Labute approximate surface area is 99.8 Å². The number of aromatic hydroxyl groups is 1. The second-order valence-corrected chi connectivity index (χ2v) is 3.95. The third-order valence-electron chi connectivity index (χ3n) is 2.57. The van der Waals surface area contributed by atoms with Gasteiger partial charge in [-0.25, -0.2) is 0 Å². The number of phenols is 1. The lowest BCUT2D eigenvalue weighted by atomic mass is 10.0. The predicted octanol–water partition coefficient (Wildman–Crippen LogP) is 2.58. The van der Waals surface area contributed by atoms with E-state index in [-0.39, 0.29) is 11.5 Å². The van der Waals surface area contributed by atoms with E-state index in [1.54, 1.807) is 24.5 Å². The summed E-state index contributed by atoms with van der Waals surface area (Å²) in [5, 5.41) is 9.54. The number of aromatic nitrogens is 1. The van der Waals surface area contributed by atoms with Gasteiger partial charge >= 0.3 is 0 Å². The van der Waals surface area contributed by atoms with Crippen LogP contribution in [0.2, 0.25) is 0 Å². The first kappa shape index (κ1) is 11.3. The SMILES string of the molecule is CC(=O)c1cc(Cc2cccnc2)ccc1O. The predicted molar refractivity (Wildman–Crippen MR) is 65.2 cm³/mol. The van der Waals surface area contributed by atoms with Crippen molar-refractivity contribution in [2.45, 2.75) is 13.3 Å². The number of benzene rings is 1. The molecule has 1 aromatic carbocycles. The molecule has 0 atom stereocenters. The summed E-state index contributed by atoms with van der Waals surface area (Å²) in [6.45, 7) is 1.45. The van der Waals surface area contributed by atoms with E-state index in [1.165, 1.54) is 6.92 Å². The normalized spacial score (nSPS) is 10.2. The van der Waals surface area contributed by atoms with Crippen molar-refractivity contribution in [2.75, 3.05) is 0 Å². The first-order chi connectivity index (χ1) is 8.16. The van der Waals surface area contributed by atoms with Crippen LogP contribution >= 0.6 is 0 Å². The molecule has 0 saturated carbocycles. The Hall–Kier alpha value is -2.16. The molecule has 0 fully saturated rings. The van der Waals surface area contributed by atoms with Gasteiger partial charge in [-0.05, 0) is 42.7 Å². The third kappa shape index (κ3) is 2.69. The lowest BCUT2D eigenvalue weighted by Crippen LogP contribution is -1.96. The molecule has 0 aliphatic heterocycles. The Balaban J connectivity index is 2.29. The van der Waals surface area contributed by atoms with Crippen molar-refractivity contribution in [2.24, 2.45) is 0 Å². The van der Waals surface area contributed by atoms with Gasteiger partial charge in [0.2, 0.25) is 0 Å². The maximum atomic E-state index is 11.3. The largest absolute Gasteiger partial charge is 0.507 e. The van der Waals surface area contributed by atoms with E-state index in [0.717, 1.165) is 11.1 Å². The highest BCUT2D eigenvalue weighted by Crippen LogP contribution is 2.20. The second-order valence-electron chi connectivity index (χ2n) is 3.95. The summed E-state index contributed by atoms with van der Waals surface area (Å²) in [4.78, 5) is 15.3. The maximum Gasteiger partial charge on any atom is 0.163 e. The van der Waals surface area contributed by atoms with E-state index in [9.17, 15) is 9.90 Å².